The smallest absolute Gasteiger partial charge is 0.197 e. The standard InChI is InChI=1S/C56H32N4OS/c1-3-17-33(18-4-1)35-21-9-13-27-43(35)59-44-28-14-10-22-36(44)41-31-42-48(32-46(41)59)62-54-38-24-8-7-23-37(38)52-49(50(42)54)39-25-11-15-29-45(39)60(52)56-53-51(40-26-12-16-30-47(40)61-53)57-55(58-56)34-19-5-2-6-20-34/h1-32H. The number of hydrogen-bond donors (Lipinski definition) is 0. The summed E-state index contributed by atoms with van der Waals surface area (Å²) in [5.74, 6) is 1.38. The van der Waals surface area contributed by atoms with Crippen LogP contribution in [-0.4, -0.2) is 19.1 Å². The highest BCUT2D eigenvalue weighted by molar-refractivity contribution is 7.27. The second-order valence-electron chi connectivity index (χ2n) is 16.0. The highest BCUT2D eigenvalue weighted by Gasteiger charge is 2.27. The van der Waals surface area contributed by atoms with E-state index in [2.05, 4.69) is 167 Å². The van der Waals surface area contributed by atoms with Crippen LogP contribution in [0.5, 0.6) is 0 Å². The zero-order chi connectivity index (χ0) is 40.5. The lowest BCUT2D eigenvalue weighted by Gasteiger charge is -2.14. The van der Waals surface area contributed by atoms with Gasteiger partial charge in [0, 0.05) is 69.0 Å². The van der Waals surface area contributed by atoms with E-state index in [1.165, 1.54) is 69.3 Å². The van der Waals surface area contributed by atoms with Crippen molar-refractivity contribution >= 4 is 108 Å². The molecule has 6 heteroatoms. The number of hydrogen-bond acceptors (Lipinski definition) is 4. The van der Waals surface area contributed by atoms with E-state index in [1.807, 2.05) is 47.7 Å². The molecule has 0 aliphatic heterocycles. The maximum Gasteiger partial charge on any atom is 0.197 e. The van der Waals surface area contributed by atoms with Gasteiger partial charge in [-0.05, 0) is 48.0 Å². The van der Waals surface area contributed by atoms with E-state index in [-0.39, 0.29) is 0 Å². The first-order valence-electron chi connectivity index (χ1n) is 20.9. The van der Waals surface area contributed by atoms with Crippen LogP contribution >= 0.6 is 11.3 Å². The molecule has 0 bridgehead atoms. The Balaban J connectivity index is 1.15. The molecule has 288 valence electrons. The molecule has 0 N–H and O–H groups in total. The fourth-order valence-electron chi connectivity index (χ4n) is 10.1. The molecule has 0 aliphatic rings. The molecule has 0 spiro atoms. The van der Waals surface area contributed by atoms with Gasteiger partial charge in [0.1, 0.15) is 11.1 Å². The third-order valence-electron chi connectivity index (χ3n) is 12.7. The van der Waals surface area contributed by atoms with E-state index in [4.69, 9.17) is 14.4 Å². The van der Waals surface area contributed by atoms with Crippen molar-refractivity contribution in [3.05, 3.63) is 194 Å². The Hall–Kier alpha value is -8.06. The summed E-state index contributed by atoms with van der Waals surface area (Å²) in [5.41, 5.74) is 11.3. The Morgan fingerprint density at radius 1 is 0.435 bits per heavy atom. The van der Waals surface area contributed by atoms with E-state index in [1.54, 1.807) is 0 Å². The number of aromatic nitrogens is 4. The molecule has 62 heavy (non-hydrogen) atoms. The van der Waals surface area contributed by atoms with Crippen LogP contribution in [-0.2, 0) is 0 Å². The minimum absolute atomic E-state index is 0.657. The molecule has 0 amide bonds. The number of nitrogens with zero attached hydrogens (tertiary/aromatic N) is 4. The average molecular weight is 809 g/mol. The molecule has 0 saturated heterocycles. The van der Waals surface area contributed by atoms with Crippen LogP contribution in [0.2, 0.25) is 0 Å². The monoisotopic (exact) mass is 808 g/mol. The summed E-state index contributed by atoms with van der Waals surface area (Å²) >= 11 is 1.89. The van der Waals surface area contributed by atoms with E-state index >= 15 is 0 Å². The van der Waals surface area contributed by atoms with Crippen molar-refractivity contribution in [1.29, 1.82) is 0 Å². The van der Waals surface area contributed by atoms with E-state index in [9.17, 15) is 0 Å². The first-order valence-corrected chi connectivity index (χ1v) is 21.7. The Labute approximate surface area is 358 Å². The predicted molar refractivity (Wildman–Crippen MR) is 259 cm³/mol. The SMILES string of the molecule is c1ccc(-c2nc(-n3c4ccccc4c4c5c6cc7c8ccccc8n(-c8ccccc8-c8ccccc8)c7cc6sc5c5ccccc5c43)c3oc4ccccc4c3n2)cc1. The van der Waals surface area contributed by atoms with Crippen molar-refractivity contribution in [1.82, 2.24) is 19.1 Å². The van der Waals surface area contributed by atoms with Crippen LogP contribution in [0.3, 0.4) is 0 Å². The summed E-state index contributed by atoms with van der Waals surface area (Å²) in [4.78, 5) is 10.6. The molecule has 0 radical (unpaired) electrons. The van der Waals surface area contributed by atoms with Crippen LogP contribution in [0.15, 0.2) is 199 Å². The zero-order valence-electron chi connectivity index (χ0n) is 33.1. The minimum atomic E-state index is 0.657. The lowest BCUT2D eigenvalue weighted by Crippen LogP contribution is -2.02. The fourth-order valence-corrected chi connectivity index (χ4v) is 11.4. The number of fused-ring (bicyclic) bond motifs is 16. The molecule has 14 rings (SSSR count). The van der Waals surface area contributed by atoms with E-state index in [0.29, 0.717) is 11.4 Å². The van der Waals surface area contributed by atoms with Gasteiger partial charge in [0.2, 0.25) is 0 Å². The van der Waals surface area contributed by atoms with Gasteiger partial charge in [-0.2, -0.15) is 0 Å². The fraction of sp³-hybridized carbons (Fsp3) is 0. The van der Waals surface area contributed by atoms with E-state index in [0.717, 1.165) is 50.0 Å². The molecule has 9 aromatic carbocycles. The Morgan fingerprint density at radius 3 is 1.87 bits per heavy atom. The Kier molecular flexibility index (Phi) is 6.92. The Morgan fingerprint density at radius 2 is 1.06 bits per heavy atom. The first kappa shape index (κ1) is 33.7. The topological polar surface area (TPSA) is 48.8 Å². The van der Waals surface area contributed by atoms with Gasteiger partial charge in [-0.25, -0.2) is 9.97 Å². The van der Waals surface area contributed by atoms with Gasteiger partial charge in [-0.3, -0.25) is 4.57 Å². The van der Waals surface area contributed by atoms with Crippen molar-refractivity contribution in [3.8, 4) is 34.0 Å². The van der Waals surface area contributed by atoms with Crippen molar-refractivity contribution in [2.45, 2.75) is 0 Å². The molecule has 0 aliphatic carbocycles. The Bertz CT molecular complexity index is 4160. The minimum Gasteiger partial charge on any atom is -0.450 e. The number of benzene rings is 9. The van der Waals surface area contributed by atoms with Gasteiger partial charge in [0.15, 0.2) is 17.2 Å². The van der Waals surface area contributed by atoms with Gasteiger partial charge in [0.05, 0.1) is 27.8 Å². The van der Waals surface area contributed by atoms with Crippen molar-refractivity contribution < 1.29 is 4.42 Å². The van der Waals surface area contributed by atoms with Gasteiger partial charge < -0.3 is 8.98 Å². The molecule has 0 unspecified atom stereocenters. The average Bonchev–Trinajstić information content (AvgIpc) is 4.09. The normalized spacial score (nSPS) is 12.2. The third kappa shape index (κ3) is 4.61. The highest BCUT2D eigenvalue weighted by atomic mass is 32.1. The van der Waals surface area contributed by atoms with Gasteiger partial charge in [-0.15, -0.1) is 11.3 Å². The molecule has 0 atom stereocenters. The van der Waals surface area contributed by atoms with Crippen LogP contribution in [0.25, 0.3) is 131 Å². The summed E-state index contributed by atoms with van der Waals surface area (Å²) in [6.45, 7) is 0. The quantitative estimate of drug-likeness (QED) is 0.178. The number of thiophene rings is 1. The second-order valence-corrected chi connectivity index (χ2v) is 17.1. The summed E-state index contributed by atoms with van der Waals surface area (Å²) in [7, 11) is 0. The van der Waals surface area contributed by atoms with Crippen LogP contribution in [0.4, 0.5) is 0 Å². The molecule has 5 heterocycles. The van der Waals surface area contributed by atoms with Crippen LogP contribution in [0.1, 0.15) is 0 Å². The number of para-hydroxylation sites is 4. The maximum absolute atomic E-state index is 6.77. The molecule has 5 aromatic heterocycles. The molecule has 0 fully saturated rings. The zero-order valence-corrected chi connectivity index (χ0v) is 33.9. The maximum atomic E-state index is 6.77. The van der Waals surface area contributed by atoms with Crippen molar-refractivity contribution in [2.75, 3.05) is 0 Å². The summed E-state index contributed by atoms with van der Waals surface area (Å²) in [6.07, 6.45) is 0. The predicted octanol–water partition coefficient (Wildman–Crippen LogP) is 15.4. The highest BCUT2D eigenvalue weighted by Crippen LogP contribution is 2.50. The molecule has 0 saturated carbocycles. The number of furan rings is 1. The molecule has 5 nitrogen and oxygen atoms in total. The second kappa shape index (κ2) is 12.7. The summed E-state index contributed by atoms with van der Waals surface area (Å²) in [6, 6.07) is 69.3. The van der Waals surface area contributed by atoms with Gasteiger partial charge >= 0.3 is 0 Å². The number of rotatable bonds is 4. The van der Waals surface area contributed by atoms with Crippen molar-refractivity contribution in [3.63, 3.8) is 0 Å². The lowest BCUT2D eigenvalue weighted by molar-refractivity contribution is 0.662. The first-order chi connectivity index (χ1) is 30.8. The van der Waals surface area contributed by atoms with Crippen LogP contribution in [0, 0.1) is 0 Å². The van der Waals surface area contributed by atoms with Gasteiger partial charge in [-0.1, -0.05) is 152 Å². The third-order valence-corrected chi connectivity index (χ3v) is 13.9. The summed E-state index contributed by atoms with van der Waals surface area (Å²) < 4.78 is 14.1. The summed E-state index contributed by atoms with van der Waals surface area (Å²) in [5, 5.41) is 10.7. The van der Waals surface area contributed by atoms with E-state index < -0.39 is 0 Å². The molecular weight excluding hydrogens is 777 g/mol. The lowest BCUT2D eigenvalue weighted by atomic mass is 9.99. The molecular formula is C56H32N4OS. The van der Waals surface area contributed by atoms with Crippen molar-refractivity contribution in [2.24, 2.45) is 0 Å². The van der Waals surface area contributed by atoms with Gasteiger partial charge in [0.25, 0.3) is 0 Å². The largest absolute Gasteiger partial charge is 0.450 e. The van der Waals surface area contributed by atoms with Crippen LogP contribution < -0.4 is 0 Å². The molecule has 14 aromatic rings.